The molecule has 0 amide bonds. The zero-order valence-corrected chi connectivity index (χ0v) is 16.8. The topological polar surface area (TPSA) is 82.2 Å². The molecule has 4 rings (SSSR count). The molecule has 0 unspecified atom stereocenters. The zero-order chi connectivity index (χ0) is 19.3. The van der Waals surface area contributed by atoms with E-state index >= 15 is 0 Å². The number of para-hydroxylation sites is 2. The summed E-state index contributed by atoms with van der Waals surface area (Å²) in [4.78, 5) is 12.0. The fourth-order valence-electron chi connectivity index (χ4n) is 2.72. The summed E-state index contributed by atoms with van der Waals surface area (Å²) >= 11 is 3.13. The van der Waals surface area contributed by atoms with Crippen LogP contribution in [0.4, 0.5) is 10.8 Å². The third-order valence-corrected chi connectivity index (χ3v) is 6.13. The van der Waals surface area contributed by atoms with Crippen LogP contribution in [0.5, 0.6) is 5.75 Å². The van der Waals surface area contributed by atoms with Crippen LogP contribution >= 0.6 is 23.1 Å². The monoisotopic (exact) mass is 414 g/mol. The number of oxazole rings is 1. The summed E-state index contributed by atoms with van der Waals surface area (Å²) in [6, 6.07) is 15.1. The molecule has 28 heavy (non-hydrogen) atoms. The van der Waals surface area contributed by atoms with Gasteiger partial charge in [-0.3, -0.25) is 4.57 Å². The third kappa shape index (κ3) is 4.20. The first-order valence-electron chi connectivity index (χ1n) is 8.69. The minimum Gasteiger partial charge on any atom is -0.497 e. The van der Waals surface area contributed by atoms with Crippen molar-refractivity contribution in [1.29, 1.82) is 0 Å². The Morgan fingerprint density at radius 2 is 2.00 bits per heavy atom. The average molecular weight is 415 g/mol. The molecule has 0 saturated heterocycles. The lowest BCUT2D eigenvalue weighted by atomic mass is 10.3. The molecule has 9 heteroatoms. The molecule has 4 aromatic rings. The van der Waals surface area contributed by atoms with Crippen molar-refractivity contribution in [3.8, 4) is 5.75 Å². The molecule has 0 spiro atoms. The summed E-state index contributed by atoms with van der Waals surface area (Å²) in [5, 5.41) is 12.4. The van der Waals surface area contributed by atoms with Gasteiger partial charge in [-0.25, -0.2) is 4.79 Å². The van der Waals surface area contributed by atoms with Crippen LogP contribution in [0.2, 0.25) is 0 Å². The molecule has 144 valence electrons. The fourth-order valence-corrected chi connectivity index (χ4v) is 4.49. The number of nitrogens with zero attached hydrogens (tertiary/aromatic N) is 3. The highest BCUT2D eigenvalue weighted by Crippen LogP contribution is 2.28. The number of thioether (sulfide) groups is 1. The Kier molecular flexibility index (Phi) is 5.63. The van der Waals surface area contributed by atoms with Gasteiger partial charge in [-0.2, -0.15) is 0 Å². The molecule has 2 heterocycles. The highest BCUT2D eigenvalue weighted by molar-refractivity contribution is 8.01. The standard InChI is InChI=1S/C19H18N4O3S2/c1-25-14-9-7-13(8-10-14)20-17-21-22-18(28-17)27-12-4-11-23-15-5-2-3-6-16(15)26-19(23)24/h2-3,5-10H,4,11-12H2,1H3,(H,20,21). The molecule has 0 fully saturated rings. The molecule has 2 aromatic carbocycles. The number of nitrogens with one attached hydrogen (secondary N) is 1. The number of hydrogen-bond acceptors (Lipinski definition) is 8. The van der Waals surface area contributed by atoms with Crippen LogP contribution < -0.4 is 15.8 Å². The van der Waals surface area contributed by atoms with Gasteiger partial charge >= 0.3 is 5.76 Å². The highest BCUT2D eigenvalue weighted by Gasteiger charge is 2.09. The second-order valence-electron chi connectivity index (χ2n) is 5.92. The minimum absolute atomic E-state index is 0.312. The van der Waals surface area contributed by atoms with Crippen molar-refractivity contribution in [3.05, 3.63) is 59.1 Å². The lowest BCUT2D eigenvalue weighted by molar-refractivity contribution is 0.415. The van der Waals surface area contributed by atoms with E-state index < -0.39 is 0 Å². The number of methoxy groups -OCH3 is 1. The second-order valence-corrected chi connectivity index (χ2v) is 8.24. The van der Waals surface area contributed by atoms with Gasteiger partial charge in [0.05, 0.1) is 12.6 Å². The van der Waals surface area contributed by atoms with Gasteiger partial charge in [-0.1, -0.05) is 35.2 Å². The Labute approximate surface area is 169 Å². The van der Waals surface area contributed by atoms with Gasteiger partial charge in [-0.15, -0.1) is 10.2 Å². The van der Waals surface area contributed by atoms with Crippen LogP contribution in [0.1, 0.15) is 6.42 Å². The van der Waals surface area contributed by atoms with Gasteiger partial charge in [0, 0.05) is 18.0 Å². The molecule has 0 aliphatic rings. The molecule has 7 nitrogen and oxygen atoms in total. The summed E-state index contributed by atoms with van der Waals surface area (Å²) in [6.07, 6.45) is 0.828. The number of aromatic nitrogens is 3. The molecule has 0 aliphatic carbocycles. The molecule has 0 aliphatic heterocycles. The van der Waals surface area contributed by atoms with E-state index in [4.69, 9.17) is 9.15 Å². The Balaban J connectivity index is 1.29. The first kappa shape index (κ1) is 18.6. The van der Waals surface area contributed by atoms with Gasteiger partial charge in [-0.05, 0) is 42.8 Å². The smallest absolute Gasteiger partial charge is 0.419 e. The number of benzene rings is 2. The summed E-state index contributed by atoms with van der Waals surface area (Å²) in [7, 11) is 1.64. The lowest BCUT2D eigenvalue weighted by Crippen LogP contribution is -2.14. The van der Waals surface area contributed by atoms with Gasteiger partial charge in [0.25, 0.3) is 0 Å². The largest absolute Gasteiger partial charge is 0.497 e. The van der Waals surface area contributed by atoms with Crippen molar-refractivity contribution < 1.29 is 9.15 Å². The fraction of sp³-hybridized carbons (Fsp3) is 0.211. The summed E-state index contributed by atoms with van der Waals surface area (Å²) in [6.45, 7) is 0.610. The average Bonchev–Trinajstić information content (AvgIpc) is 3.29. The first-order valence-corrected chi connectivity index (χ1v) is 10.5. The lowest BCUT2D eigenvalue weighted by Gasteiger charge is -2.03. The molecule has 2 aromatic heterocycles. The zero-order valence-electron chi connectivity index (χ0n) is 15.1. The maximum Gasteiger partial charge on any atom is 0.419 e. The molecule has 0 atom stereocenters. The van der Waals surface area contributed by atoms with Crippen LogP contribution in [-0.4, -0.2) is 27.6 Å². The Morgan fingerprint density at radius 1 is 1.18 bits per heavy atom. The summed E-state index contributed by atoms with van der Waals surface area (Å²) in [5.41, 5.74) is 2.39. The maximum absolute atomic E-state index is 12.0. The van der Waals surface area contributed by atoms with Gasteiger partial charge in [0.15, 0.2) is 9.92 Å². The first-order chi connectivity index (χ1) is 13.7. The van der Waals surface area contributed by atoms with Crippen LogP contribution in [0.15, 0.2) is 62.1 Å². The molecule has 0 bridgehead atoms. The van der Waals surface area contributed by atoms with Gasteiger partial charge < -0.3 is 14.5 Å². The van der Waals surface area contributed by atoms with E-state index in [9.17, 15) is 4.79 Å². The molecular weight excluding hydrogens is 396 g/mol. The number of anilines is 2. The summed E-state index contributed by atoms with van der Waals surface area (Å²) < 4.78 is 13.0. The van der Waals surface area contributed by atoms with Crippen LogP contribution in [0.3, 0.4) is 0 Å². The highest BCUT2D eigenvalue weighted by atomic mass is 32.2. The van der Waals surface area contributed by atoms with Crippen LogP contribution in [0, 0.1) is 0 Å². The van der Waals surface area contributed by atoms with Gasteiger partial charge in [0.1, 0.15) is 5.75 Å². The summed E-state index contributed by atoms with van der Waals surface area (Å²) in [5.74, 6) is 1.33. The Hall–Kier alpha value is -2.78. The third-order valence-electron chi connectivity index (χ3n) is 4.07. The van der Waals surface area contributed by atoms with Crippen molar-refractivity contribution in [2.24, 2.45) is 0 Å². The van der Waals surface area contributed by atoms with E-state index in [0.717, 1.165) is 38.6 Å². The quantitative estimate of drug-likeness (QED) is 0.338. The van der Waals surface area contributed by atoms with E-state index in [1.54, 1.807) is 29.5 Å². The maximum atomic E-state index is 12.0. The number of ether oxygens (including phenoxy) is 1. The van der Waals surface area contributed by atoms with Crippen molar-refractivity contribution in [2.45, 2.75) is 17.3 Å². The second kappa shape index (κ2) is 8.49. The Morgan fingerprint density at radius 3 is 2.82 bits per heavy atom. The van der Waals surface area contributed by atoms with Crippen molar-refractivity contribution >= 4 is 45.0 Å². The molecule has 1 N–H and O–H groups in total. The molecule has 0 saturated carbocycles. The van der Waals surface area contributed by atoms with Crippen molar-refractivity contribution in [1.82, 2.24) is 14.8 Å². The van der Waals surface area contributed by atoms with E-state index in [-0.39, 0.29) is 5.76 Å². The number of hydrogen-bond donors (Lipinski definition) is 1. The van der Waals surface area contributed by atoms with E-state index in [0.29, 0.717) is 12.1 Å². The molecule has 0 radical (unpaired) electrons. The van der Waals surface area contributed by atoms with Crippen LogP contribution in [0.25, 0.3) is 11.1 Å². The van der Waals surface area contributed by atoms with Crippen molar-refractivity contribution in [2.75, 3.05) is 18.2 Å². The minimum atomic E-state index is -0.312. The number of aryl methyl sites for hydroxylation is 1. The van der Waals surface area contributed by atoms with Gasteiger partial charge in [0.2, 0.25) is 5.13 Å². The number of rotatable bonds is 8. The Bertz CT molecular complexity index is 1120. The predicted molar refractivity (Wildman–Crippen MR) is 112 cm³/mol. The van der Waals surface area contributed by atoms with E-state index in [1.165, 1.54) is 11.3 Å². The number of fused-ring (bicyclic) bond motifs is 1. The van der Waals surface area contributed by atoms with E-state index in [2.05, 4.69) is 15.5 Å². The predicted octanol–water partition coefficient (Wildman–Crippen LogP) is 4.38. The SMILES string of the molecule is COc1ccc(Nc2nnc(SCCCn3c(=O)oc4ccccc43)s2)cc1. The van der Waals surface area contributed by atoms with Crippen LogP contribution in [-0.2, 0) is 6.54 Å². The van der Waals surface area contributed by atoms with E-state index in [1.807, 2.05) is 42.5 Å². The van der Waals surface area contributed by atoms with Crippen molar-refractivity contribution in [3.63, 3.8) is 0 Å². The molecular formula is C19H18N4O3S2. The normalized spacial score (nSPS) is 11.0.